The molecule has 2 N–H and O–H groups in total. The van der Waals surface area contributed by atoms with E-state index in [4.69, 9.17) is 4.74 Å². The number of hydrogen-bond donors (Lipinski definition) is 2. The molecule has 1 heterocycles. The molecule has 31 heavy (non-hydrogen) atoms. The number of amides is 1. The number of aromatic nitrogens is 1. The van der Waals surface area contributed by atoms with Gasteiger partial charge in [0.2, 0.25) is 5.88 Å². The van der Waals surface area contributed by atoms with E-state index in [1.807, 2.05) is 13.0 Å². The second-order valence-electron chi connectivity index (χ2n) is 7.60. The van der Waals surface area contributed by atoms with E-state index < -0.39 is 10.0 Å². The van der Waals surface area contributed by atoms with Gasteiger partial charge in [0.05, 0.1) is 4.90 Å². The van der Waals surface area contributed by atoms with Crippen molar-refractivity contribution in [3.8, 4) is 11.6 Å². The first-order valence-corrected chi connectivity index (χ1v) is 11.4. The molecule has 2 aromatic carbocycles. The third kappa shape index (κ3) is 5.03. The van der Waals surface area contributed by atoms with Crippen molar-refractivity contribution in [2.75, 3.05) is 4.72 Å². The molecule has 0 saturated heterocycles. The molecule has 0 spiro atoms. The first kappa shape index (κ1) is 20.9. The van der Waals surface area contributed by atoms with Gasteiger partial charge in [-0.1, -0.05) is 12.1 Å². The Morgan fingerprint density at radius 3 is 2.52 bits per heavy atom. The lowest BCUT2D eigenvalue weighted by Gasteiger charge is -2.12. The monoisotopic (exact) mass is 437 g/mol. The lowest BCUT2D eigenvalue weighted by Crippen LogP contribution is -2.25. The molecule has 0 bridgehead atoms. The van der Waals surface area contributed by atoms with E-state index in [0.29, 0.717) is 22.6 Å². The number of carbonyl (C=O) groups excluding carboxylic acids is 1. The van der Waals surface area contributed by atoms with Gasteiger partial charge in [0.1, 0.15) is 11.3 Å². The molecule has 1 amide bonds. The zero-order valence-electron chi connectivity index (χ0n) is 17.3. The molecule has 160 valence electrons. The van der Waals surface area contributed by atoms with E-state index in [0.717, 1.165) is 18.4 Å². The average molecular weight is 438 g/mol. The van der Waals surface area contributed by atoms with Crippen LogP contribution in [0.25, 0.3) is 0 Å². The van der Waals surface area contributed by atoms with Crippen molar-refractivity contribution in [3.05, 3.63) is 77.5 Å². The van der Waals surface area contributed by atoms with E-state index in [1.165, 1.54) is 0 Å². The molecule has 1 fully saturated rings. The molecule has 3 aromatic rings. The van der Waals surface area contributed by atoms with Crippen molar-refractivity contribution in [2.45, 2.75) is 37.6 Å². The van der Waals surface area contributed by atoms with Crippen molar-refractivity contribution < 1.29 is 17.9 Å². The van der Waals surface area contributed by atoms with Gasteiger partial charge in [-0.2, -0.15) is 0 Å². The van der Waals surface area contributed by atoms with Crippen LogP contribution in [0.4, 0.5) is 5.69 Å². The zero-order chi connectivity index (χ0) is 22.0. The molecule has 1 aromatic heterocycles. The molecule has 4 rings (SSSR count). The SMILES string of the molecule is Cc1ccc(C)c(S(=O)(=O)Nc2ccc(Oc3ncccc3C(=O)NC3CC3)cc2)c1. The van der Waals surface area contributed by atoms with Gasteiger partial charge in [-0.15, -0.1) is 0 Å². The standard InChI is InChI=1S/C23H23N3O4S/c1-15-5-6-16(2)21(14-15)31(28,29)26-18-9-11-19(12-10-18)30-23-20(4-3-13-24-23)22(27)25-17-7-8-17/h3-6,9-14,17,26H,7-8H2,1-2H3,(H,25,27). The van der Waals surface area contributed by atoms with Gasteiger partial charge in [0.25, 0.3) is 15.9 Å². The summed E-state index contributed by atoms with van der Waals surface area (Å²) >= 11 is 0. The average Bonchev–Trinajstić information content (AvgIpc) is 3.55. The molecule has 8 heteroatoms. The van der Waals surface area contributed by atoms with Crippen LogP contribution in [0, 0.1) is 13.8 Å². The molecular formula is C23H23N3O4S. The molecule has 1 aliphatic carbocycles. The third-order valence-electron chi connectivity index (χ3n) is 4.88. The minimum atomic E-state index is -3.72. The number of hydrogen-bond acceptors (Lipinski definition) is 5. The highest BCUT2D eigenvalue weighted by Gasteiger charge is 2.25. The summed E-state index contributed by atoms with van der Waals surface area (Å²) in [5.74, 6) is 0.418. The van der Waals surface area contributed by atoms with Gasteiger partial charge in [-0.05, 0) is 80.3 Å². The van der Waals surface area contributed by atoms with Crippen LogP contribution in [0.1, 0.15) is 34.3 Å². The van der Waals surface area contributed by atoms with Crippen LogP contribution in [-0.4, -0.2) is 25.4 Å². The Labute approximate surface area is 181 Å². The molecule has 7 nitrogen and oxygen atoms in total. The number of nitrogens with zero attached hydrogens (tertiary/aromatic N) is 1. The number of nitrogens with one attached hydrogen (secondary N) is 2. The fourth-order valence-corrected chi connectivity index (χ4v) is 4.43. The Kier molecular flexibility index (Phi) is 5.65. The van der Waals surface area contributed by atoms with Crippen molar-refractivity contribution in [1.82, 2.24) is 10.3 Å². The summed E-state index contributed by atoms with van der Waals surface area (Å²) in [5, 5.41) is 2.92. The summed E-state index contributed by atoms with van der Waals surface area (Å²) in [7, 11) is -3.72. The van der Waals surface area contributed by atoms with Gasteiger partial charge in [0.15, 0.2) is 0 Å². The lowest BCUT2D eigenvalue weighted by atomic mass is 10.2. The minimum Gasteiger partial charge on any atom is -0.438 e. The van der Waals surface area contributed by atoms with E-state index >= 15 is 0 Å². The summed E-state index contributed by atoms with van der Waals surface area (Å²) in [6.07, 6.45) is 3.53. The molecule has 1 aliphatic rings. The number of rotatable bonds is 7. The van der Waals surface area contributed by atoms with Gasteiger partial charge >= 0.3 is 0 Å². The maximum absolute atomic E-state index is 12.8. The Balaban J connectivity index is 1.49. The first-order valence-electron chi connectivity index (χ1n) is 9.96. The number of aryl methyl sites for hydroxylation is 2. The van der Waals surface area contributed by atoms with Crippen molar-refractivity contribution in [1.29, 1.82) is 0 Å². The topological polar surface area (TPSA) is 97.4 Å². The number of benzene rings is 2. The van der Waals surface area contributed by atoms with Crippen LogP contribution < -0.4 is 14.8 Å². The van der Waals surface area contributed by atoms with Gasteiger partial charge in [-0.25, -0.2) is 13.4 Å². The van der Waals surface area contributed by atoms with E-state index in [-0.39, 0.29) is 22.7 Å². The molecule has 0 unspecified atom stereocenters. The smallest absolute Gasteiger partial charge is 0.262 e. The Bertz CT molecular complexity index is 1220. The summed E-state index contributed by atoms with van der Waals surface area (Å²) in [6, 6.07) is 15.3. The molecule has 1 saturated carbocycles. The van der Waals surface area contributed by atoms with Crippen LogP contribution >= 0.6 is 0 Å². The van der Waals surface area contributed by atoms with Crippen LogP contribution in [0.15, 0.2) is 65.7 Å². The summed E-state index contributed by atoms with van der Waals surface area (Å²) in [4.78, 5) is 16.8. The Hall–Kier alpha value is -3.39. The molecular weight excluding hydrogens is 414 g/mol. The predicted molar refractivity (Wildman–Crippen MR) is 118 cm³/mol. The van der Waals surface area contributed by atoms with Crippen molar-refractivity contribution in [2.24, 2.45) is 0 Å². The predicted octanol–water partition coefficient (Wildman–Crippen LogP) is 4.18. The zero-order valence-corrected chi connectivity index (χ0v) is 18.1. The highest BCUT2D eigenvalue weighted by Crippen LogP contribution is 2.27. The fourth-order valence-electron chi connectivity index (χ4n) is 3.05. The van der Waals surface area contributed by atoms with Crippen LogP contribution in [-0.2, 0) is 10.0 Å². The number of anilines is 1. The van der Waals surface area contributed by atoms with E-state index in [9.17, 15) is 13.2 Å². The first-order chi connectivity index (χ1) is 14.8. The van der Waals surface area contributed by atoms with E-state index in [2.05, 4.69) is 15.0 Å². The van der Waals surface area contributed by atoms with E-state index in [1.54, 1.807) is 61.7 Å². The van der Waals surface area contributed by atoms with Gasteiger partial charge < -0.3 is 10.1 Å². The lowest BCUT2D eigenvalue weighted by molar-refractivity contribution is 0.0948. The minimum absolute atomic E-state index is 0.198. The highest BCUT2D eigenvalue weighted by atomic mass is 32.2. The second-order valence-corrected chi connectivity index (χ2v) is 9.26. The van der Waals surface area contributed by atoms with Crippen molar-refractivity contribution >= 4 is 21.6 Å². The fraction of sp³-hybridized carbons (Fsp3) is 0.217. The van der Waals surface area contributed by atoms with Crippen LogP contribution in [0.2, 0.25) is 0 Å². The number of carbonyl (C=O) groups is 1. The van der Waals surface area contributed by atoms with Gasteiger partial charge in [0, 0.05) is 17.9 Å². The maximum Gasteiger partial charge on any atom is 0.262 e. The van der Waals surface area contributed by atoms with Gasteiger partial charge in [-0.3, -0.25) is 9.52 Å². The van der Waals surface area contributed by atoms with Crippen LogP contribution in [0.3, 0.4) is 0 Å². The summed E-state index contributed by atoms with van der Waals surface area (Å²) in [5.41, 5.74) is 2.30. The Morgan fingerprint density at radius 2 is 1.81 bits per heavy atom. The molecule has 0 aliphatic heterocycles. The molecule has 0 atom stereocenters. The molecule has 0 radical (unpaired) electrons. The number of sulfonamides is 1. The summed E-state index contributed by atoms with van der Waals surface area (Å²) < 4.78 is 33.9. The van der Waals surface area contributed by atoms with Crippen molar-refractivity contribution in [3.63, 3.8) is 0 Å². The number of pyridine rings is 1. The summed E-state index contributed by atoms with van der Waals surface area (Å²) in [6.45, 7) is 3.61. The largest absolute Gasteiger partial charge is 0.438 e. The second kappa shape index (κ2) is 8.39. The Morgan fingerprint density at radius 1 is 1.06 bits per heavy atom. The third-order valence-corrected chi connectivity index (χ3v) is 6.41. The quantitative estimate of drug-likeness (QED) is 0.578. The normalized spacial score (nSPS) is 13.5. The maximum atomic E-state index is 12.8. The van der Waals surface area contributed by atoms with Crippen LogP contribution in [0.5, 0.6) is 11.6 Å². The highest BCUT2D eigenvalue weighted by molar-refractivity contribution is 7.92. The number of ether oxygens (including phenoxy) is 1.